The Morgan fingerprint density at radius 3 is 3.00 bits per heavy atom. The van der Waals surface area contributed by atoms with Crippen molar-refractivity contribution in [2.24, 2.45) is 16.6 Å². The van der Waals surface area contributed by atoms with Gasteiger partial charge in [0.25, 0.3) is 0 Å². The fourth-order valence-electron chi connectivity index (χ4n) is 2.33. The van der Waals surface area contributed by atoms with E-state index in [-0.39, 0.29) is 0 Å². The van der Waals surface area contributed by atoms with E-state index in [1.54, 1.807) is 7.11 Å². The minimum absolute atomic E-state index is 0.444. The molecule has 1 saturated heterocycles. The number of nitrogens with one attached hydrogen (secondary N) is 1. The number of benzene rings is 1. The summed E-state index contributed by atoms with van der Waals surface area (Å²) in [5.74, 6) is 1.82. The predicted octanol–water partition coefficient (Wildman–Crippen LogP) is 1.37. The Labute approximate surface area is 114 Å². The number of guanidine groups is 1. The molecule has 3 N–H and O–H groups in total. The summed E-state index contributed by atoms with van der Waals surface area (Å²) in [5, 5.41) is 3.09. The highest BCUT2D eigenvalue weighted by Crippen LogP contribution is 2.22. The Morgan fingerprint density at radius 1 is 1.53 bits per heavy atom. The van der Waals surface area contributed by atoms with Crippen molar-refractivity contribution < 1.29 is 4.74 Å². The van der Waals surface area contributed by atoms with Crippen LogP contribution >= 0.6 is 0 Å². The molecule has 1 aromatic rings. The molecule has 1 aliphatic heterocycles. The van der Waals surface area contributed by atoms with Crippen LogP contribution in [0.15, 0.2) is 29.3 Å². The van der Waals surface area contributed by atoms with Gasteiger partial charge in [0, 0.05) is 13.1 Å². The minimum atomic E-state index is 0.444. The first-order valence-electron chi connectivity index (χ1n) is 6.57. The van der Waals surface area contributed by atoms with Crippen molar-refractivity contribution in [1.82, 2.24) is 4.90 Å². The molecule has 1 aromatic carbocycles. The van der Waals surface area contributed by atoms with Crippen LogP contribution in [0.2, 0.25) is 0 Å². The maximum atomic E-state index is 5.91. The van der Waals surface area contributed by atoms with Crippen LogP contribution in [0.4, 0.5) is 5.69 Å². The standard InChI is InChI=1S/C14H22N4O/c1-18-8-7-11(10-18)9-16-14(15)17-12-5-3-4-6-13(12)19-2/h3-6,11H,7-10H2,1-2H3,(H3,15,16,17). The molecule has 0 amide bonds. The van der Waals surface area contributed by atoms with Gasteiger partial charge in [-0.25, -0.2) is 0 Å². The van der Waals surface area contributed by atoms with Crippen molar-refractivity contribution in [2.45, 2.75) is 6.42 Å². The summed E-state index contributed by atoms with van der Waals surface area (Å²) in [6.07, 6.45) is 1.20. The molecule has 1 atom stereocenters. The average Bonchev–Trinajstić information content (AvgIpc) is 2.83. The largest absolute Gasteiger partial charge is 0.495 e. The molecule has 0 radical (unpaired) electrons. The maximum Gasteiger partial charge on any atom is 0.193 e. The van der Waals surface area contributed by atoms with E-state index in [4.69, 9.17) is 10.5 Å². The first-order valence-corrected chi connectivity index (χ1v) is 6.57. The van der Waals surface area contributed by atoms with Gasteiger partial charge in [0.2, 0.25) is 0 Å². The van der Waals surface area contributed by atoms with E-state index in [1.807, 2.05) is 24.3 Å². The smallest absolute Gasteiger partial charge is 0.193 e. The van der Waals surface area contributed by atoms with Gasteiger partial charge in [0.1, 0.15) is 5.75 Å². The highest BCUT2D eigenvalue weighted by molar-refractivity contribution is 5.93. The normalized spacial score (nSPS) is 20.5. The van der Waals surface area contributed by atoms with Crippen LogP contribution in [0.5, 0.6) is 5.75 Å². The van der Waals surface area contributed by atoms with Gasteiger partial charge in [-0.05, 0) is 38.1 Å². The molecule has 104 valence electrons. The maximum absolute atomic E-state index is 5.91. The topological polar surface area (TPSA) is 62.9 Å². The number of hydrogen-bond donors (Lipinski definition) is 2. The first kappa shape index (κ1) is 13.7. The second-order valence-electron chi connectivity index (χ2n) is 4.97. The molecule has 0 aromatic heterocycles. The Hall–Kier alpha value is -1.75. The molecule has 2 rings (SSSR count). The zero-order valence-electron chi connectivity index (χ0n) is 11.6. The quantitative estimate of drug-likeness (QED) is 0.635. The van der Waals surface area contributed by atoms with Crippen molar-refractivity contribution in [1.29, 1.82) is 0 Å². The van der Waals surface area contributed by atoms with E-state index in [9.17, 15) is 0 Å². The highest BCUT2D eigenvalue weighted by atomic mass is 16.5. The molecule has 1 unspecified atom stereocenters. The lowest BCUT2D eigenvalue weighted by Gasteiger charge is -2.11. The number of methoxy groups -OCH3 is 1. The second-order valence-corrected chi connectivity index (χ2v) is 4.97. The van der Waals surface area contributed by atoms with Crippen molar-refractivity contribution in [3.8, 4) is 5.75 Å². The highest BCUT2D eigenvalue weighted by Gasteiger charge is 2.18. The summed E-state index contributed by atoms with van der Waals surface area (Å²) in [6.45, 7) is 3.03. The van der Waals surface area contributed by atoms with Gasteiger partial charge in [-0.2, -0.15) is 0 Å². The predicted molar refractivity (Wildman–Crippen MR) is 78.7 cm³/mol. The van der Waals surface area contributed by atoms with Crippen LogP contribution < -0.4 is 15.8 Å². The Kier molecular flexibility index (Phi) is 4.63. The van der Waals surface area contributed by atoms with Crippen molar-refractivity contribution >= 4 is 11.6 Å². The number of ether oxygens (including phenoxy) is 1. The number of nitrogens with two attached hydrogens (primary N) is 1. The molecule has 0 bridgehead atoms. The third-order valence-corrected chi connectivity index (χ3v) is 3.38. The molecule has 0 saturated carbocycles. The molecule has 0 aliphatic carbocycles. The van der Waals surface area contributed by atoms with Crippen LogP contribution in [0.25, 0.3) is 0 Å². The number of anilines is 1. The van der Waals surface area contributed by atoms with Crippen molar-refractivity contribution in [2.75, 3.05) is 39.1 Å². The van der Waals surface area contributed by atoms with Gasteiger partial charge >= 0.3 is 0 Å². The average molecular weight is 262 g/mol. The van der Waals surface area contributed by atoms with E-state index < -0.39 is 0 Å². The minimum Gasteiger partial charge on any atom is -0.495 e. The monoisotopic (exact) mass is 262 g/mol. The van der Waals surface area contributed by atoms with Crippen LogP contribution in [0.1, 0.15) is 6.42 Å². The fourth-order valence-corrected chi connectivity index (χ4v) is 2.33. The second kappa shape index (κ2) is 6.43. The molecule has 1 heterocycles. The Bertz CT molecular complexity index is 447. The van der Waals surface area contributed by atoms with Crippen LogP contribution in [-0.2, 0) is 0 Å². The zero-order chi connectivity index (χ0) is 13.7. The van der Waals surface area contributed by atoms with Gasteiger partial charge in [0.15, 0.2) is 5.96 Å². The Balaban J connectivity index is 1.91. The molecular weight excluding hydrogens is 240 g/mol. The van der Waals surface area contributed by atoms with Crippen LogP contribution in [-0.4, -0.2) is 44.7 Å². The molecule has 19 heavy (non-hydrogen) atoms. The van der Waals surface area contributed by atoms with E-state index in [2.05, 4.69) is 22.3 Å². The fraction of sp³-hybridized carbons (Fsp3) is 0.500. The number of likely N-dealkylation sites (tertiary alicyclic amines) is 1. The third-order valence-electron chi connectivity index (χ3n) is 3.38. The summed E-state index contributed by atoms with van der Waals surface area (Å²) >= 11 is 0. The van der Waals surface area contributed by atoms with Gasteiger partial charge in [-0.15, -0.1) is 0 Å². The molecule has 5 heteroatoms. The summed E-state index contributed by atoms with van der Waals surface area (Å²) in [7, 11) is 3.78. The van der Waals surface area contributed by atoms with E-state index >= 15 is 0 Å². The Morgan fingerprint density at radius 2 is 2.32 bits per heavy atom. The van der Waals surface area contributed by atoms with Crippen LogP contribution in [0, 0.1) is 5.92 Å². The van der Waals surface area contributed by atoms with E-state index in [0.717, 1.165) is 31.1 Å². The lowest BCUT2D eigenvalue weighted by Crippen LogP contribution is -2.24. The van der Waals surface area contributed by atoms with E-state index in [1.165, 1.54) is 6.42 Å². The zero-order valence-corrected chi connectivity index (χ0v) is 11.6. The lowest BCUT2D eigenvalue weighted by molar-refractivity contribution is 0.397. The summed E-state index contributed by atoms with van der Waals surface area (Å²) in [5.41, 5.74) is 6.75. The lowest BCUT2D eigenvalue weighted by atomic mass is 10.1. The summed E-state index contributed by atoms with van der Waals surface area (Å²) < 4.78 is 5.26. The third kappa shape index (κ3) is 3.86. The summed E-state index contributed by atoms with van der Waals surface area (Å²) in [6, 6.07) is 7.67. The molecule has 0 spiro atoms. The molecule has 1 fully saturated rings. The number of aliphatic imine (C=N–C) groups is 1. The van der Waals surface area contributed by atoms with Gasteiger partial charge in [0.05, 0.1) is 12.8 Å². The molecule has 1 aliphatic rings. The van der Waals surface area contributed by atoms with Gasteiger partial charge in [-0.3, -0.25) is 4.99 Å². The first-order chi connectivity index (χ1) is 9.19. The number of rotatable bonds is 4. The number of nitrogens with zero attached hydrogens (tertiary/aromatic N) is 2. The van der Waals surface area contributed by atoms with Gasteiger partial charge in [-0.1, -0.05) is 12.1 Å². The summed E-state index contributed by atoms with van der Waals surface area (Å²) in [4.78, 5) is 6.74. The van der Waals surface area contributed by atoms with Crippen LogP contribution in [0.3, 0.4) is 0 Å². The molecular formula is C14H22N4O. The SMILES string of the molecule is COc1ccccc1NC(N)=NCC1CCN(C)C1. The molecule has 5 nitrogen and oxygen atoms in total. The van der Waals surface area contributed by atoms with Crippen molar-refractivity contribution in [3.63, 3.8) is 0 Å². The van der Waals surface area contributed by atoms with Gasteiger partial charge < -0.3 is 20.7 Å². The van der Waals surface area contributed by atoms with Crippen molar-refractivity contribution in [3.05, 3.63) is 24.3 Å². The van der Waals surface area contributed by atoms with E-state index in [0.29, 0.717) is 11.9 Å². The number of hydrogen-bond acceptors (Lipinski definition) is 3. The number of para-hydroxylation sites is 2.